The number of nitrogens with one attached hydrogen (secondary N) is 1. The predicted molar refractivity (Wildman–Crippen MR) is 98.5 cm³/mol. The number of rotatable bonds is 6. The van der Waals surface area contributed by atoms with Crippen LogP contribution in [0.4, 0.5) is 0 Å². The second kappa shape index (κ2) is 8.81. The fourth-order valence-electron chi connectivity index (χ4n) is 3.29. The van der Waals surface area contributed by atoms with Gasteiger partial charge in [-0.2, -0.15) is 4.31 Å². The maximum atomic E-state index is 12.8. The number of aliphatic hydroxyl groups excluding tert-OH is 1. The zero-order valence-electron chi connectivity index (χ0n) is 15.7. The van der Waals surface area contributed by atoms with Gasteiger partial charge in [-0.1, -0.05) is 13.8 Å². The molecule has 9 heteroatoms. The third-order valence-electron chi connectivity index (χ3n) is 4.56. The molecule has 3 atom stereocenters. The Hall–Kier alpha value is -1.97. The molecule has 1 aliphatic heterocycles. The summed E-state index contributed by atoms with van der Waals surface area (Å²) in [5, 5.41) is 11.5. The first-order chi connectivity index (χ1) is 12.7. The Bertz CT molecular complexity index is 768. The van der Waals surface area contributed by atoms with Gasteiger partial charge >= 0.3 is 5.97 Å². The minimum absolute atomic E-state index is 0.118. The van der Waals surface area contributed by atoms with Crippen LogP contribution in [0.5, 0.6) is 0 Å². The van der Waals surface area contributed by atoms with E-state index in [-0.39, 0.29) is 10.5 Å². The Balaban J connectivity index is 2.14. The van der Waals surface area contributed by atoms with E-state index in [1.165, 1.54) is 28.6 Å². The molecule has 1 aromatic carbocycles. The smallest absolute Gasteiger partial charge is 0.330 e. The molecule has 0 radical (unpaired) electrons. The molecule has 0 unspecified atom stereocenters. The van der Waals surface area contributed by atoms with Crippen molar-refractivity contribution in [3.8, 4) is 0 Å². The molecule has 2 rings (SSSR count). The number of aliphatic hydroxyl groups is 1. The maximum Gasteiger partial charge on any atom is 0.330 e. The quantitative estimate of drug-likeness (QED) is 0.679. The van der Waals surface area contributed by atoms with Gasteiger partial charge in [0.2, 0.25) is 10.0 Å². The number of amides is 1. The highest BCUT2D eigenvalue weighted by Crippen LogP contribution is 2.26. The number of hydrogen-bond donors (Lipinski definition) is 2. The number of piperidine rings is 1. The minimum Gasteiger partial charge on any atom is -0.467 e. The zero-order chi connectivity index (χ0) is 20.2. The highest BCUT2D eigenvalue weighted by molar-refractivity contribution is 7.89. The molecule has 8 nitrogen and oxygen atoms in total. The fourth-order valence-corrected chi connectivity index (χ4v) is 4.97. The Kier molecular flexibility index (Phi) is 6.96. The summed E-state index contributed by atoms with van der Waals surface area (Å²) in [6.45, 7) is 4.42. The summed E-state index contributed by atoms with van der Waals surface area (Å²) in [5.41, 5.74) is 0.177. The number of nitrogens with zero attached hydrogens (tertiary/aromatic N) is 1. The van der Waals surface area contributed by atoms with Crippen molar-refractivity contribution in [3.63, 3.8) is 0 Å². The molecule has 1 heterocycles. The van der Waals surface area contributed by atoms with Crippen LogP contribution in [-0.4, -0.2) is 62.6 Å². The van der Waals surface area contributed by atoms with Crippen LogP contribution in [0, 0.1) is 11.8 Å². The van der Waals surface area contributed by atoms with Gasteiger partial charge in [-0.25, -0.2) is 13.2 Å². The molecule has 0 aromatic heterocycles. The number of carbonyl (C=O) groups is 2. The lowest BCUT2D eigenvalue weighted by atomic mass is 9.94. The normalized spacial score (nSPS) is 22.1. The summed E-state index contributed by atoms with van der Waals surface area (Å²) in [6, 6.07) is 4.33. The van der Waals surface area contributed by atoms with E-state index in [9.17, 15) is 18.0 Å². The predicted octanol–water partition coefficient (Wildman–Crippen LogP) is 0.617. The van der Waals surface area contributed by atoms with Crippen molar-refractivity contribution in [2.75, 3.05) is 26.8 Å². The van der Waals surface area contributed by atoms with Crippen molar-refractivity contribution in [2.24, 2.45) is 11.8 Å². The van der Waals surface area contributed by atoms with Crippen LogP contribution in [0.25, 0.3) is 0 Å². The number of benzene rings is 1. The van der Waals surface area contributed by atoms with E-state index < -0.39 is 34.5 Å². The van der Waals surface area contributed by atoms with Gasteiger partial charge in [-0.05, 0) is 42.5 Å². The van der Waals surface area contributed by atoms with Crippen LogP contribution in [0.1, 0.15) is 30.6 Å². The van der Waals surface area contributed by atoms with Crippen LogP contribution in [0.2, 0.25) is 0 Å². The first kappa shape index (κ1) is 21.3. The lowest BCUT2D eigenvalue weighted by Gasteiger charge is -2.34. The van der Waals surface area contributed by atoms with Crippen molar-refractivity contribution in [2.45, 2.75) is 31.2 Å². The van der Waals surface area contributed by atoms with E-state index in [0.29, 0.717) is 24.9 Å². The number of esters is 1. The van der Waals surface area contributed by atoms with E-state index >= 15 is 0 Å². The lowest BCUT2D eigenvalue weighted by Crippen LogP contribution is -2.44. The molecule has 0 aliphatic carbocycles. The van der Waals surface area contributed by atoms with Gasteiger partial charge in [0, 0.05) is 18.7 Å². The molecule has 2 N–H and O–H groups in total. The number of methoxy groups -OCH3 is 1. The molecule has 27 heavy (non-hydrogen) atoms. The maximum absolute atomic E-state index is 12.8. The van der Waals surface area contributed by atoms with Crippen LogP contribution < -0.4 is 5.32 Å². The Morgan fingerprint density at radius 1 is 1.22 bits per heavy atom. The van der Waals surface area contributed by atoms with Gasteiger partial charge < -0.3 is 15.2 Å². The van der Waals surface area contributed by atoms with Crippen LogP contribution in [0.15, 0.2) is 29.2 Å². The van der Waals surface area contributed by atoms with Gasteiger partial charge in [0.1, 0.15) is 0 Å². The Labute approximate surface area is 159 Å². The van der Waals surface area contributed by atoms with Crippen molar-refractivity contribution in [1.29, 1.82) is 0 Å². The molecule has 1 aliphatic rings. The standard InChI is InChI=1S/C18H26N2O6S/c1-12-8-13(2)10-20(9-12)27(24,25)15-6-4-14(5-7-15)17(22)19-16(11-21)18(23)26-3/h4-7,12-13,16,21H,8-11H2,1-3H3,(H,19,22)/t12-,13-,16+/m1/s1. The number of carbonyl (C=O) groups excluding carboxylic acids is 2. The third-order valence-corrected chi connectivity index (χ3v) is 6.41. The lowest BCUT2D eigenvalue weighted by molar-refractivity contribution is -0.143. The van der Waals surface area contributed by atoms with Gasteiger partial charge in [-0.3, -0.25) is 4.79 Å². The summed E-state index contributed by atoms with van der Waals surface area (Å²) in [7, 11) is -2.48. The molecular weight excluding hydrogens is 372 g/mol. The van der Waals surface area contributed by atoms with Crippen molar-refractivity contribution in [1.82, 2.24) is 9.62 Å². The highest BCUT2D eigenvalue weighted by Gasteiger charge is 2.31. The SMILES string of the molecule is COC(=O)[C@H](CO)NC(=O)c1ccc(S(=O)(=O)N2C[C@H](C)C[C@@H](C)C2)cc1. The van der Waals surface area contributed by atoms with Crippen molar-refractivity contribution in [3.05, 3.63) is 29.8 Å². The third kappa shape index (κ3) is 5.06. The van der Waals surface area contributed by atoms with Crippen molar-refractivity contribution < 1.29 is 27.9 Å². The molecule has 0 spiro atoms. The first-order valence-corrected chi connectivity index (χ1v) is 10.2. The molecule has 1 amide bonds. The number of hydrogen-bond acceptors (Lipinski definition) is 6. The average molecular weight is 398 g/mol. The molecule has 1 fully saturated rings. The topological polar surface area (TPSA) is 113 Å². The second-order valence-electron chi connectivity index (χ2n) is 7.02. The highest BCUT2D eigenvalue weighted by atomic mass is 32.2. The molecule has 0 saturated carbocycles. The zero-order valence-corrected chi connectivity index (χ0v) is 16.5. The second-order valence-corrected chi connectivity index (χ2v) is 8.96. The molecule has 0 bridgehead atoms. The monoisotopic (exact) mass is 398 g/mol. The largest absolute Gasteiger partial charge is 0.467 e. The van der Waals surface area contributed by atoms with E-state index in [4.69, 9.17) is 5.11 Å². The van der Waals surface area contributed by atoms with E-state index in [1.54, 1.807) is 0 Å². The fraction of sp³-hybridized carbons (Fsp3) is 0.556. The van der Waals surface area contributed by atoms with E-state index in [0.717, 1.165) is 13.5 Å². The van der Waals surface area contributed by atoms with Crippen LogP contribution in [0.3, 0.4) is 0 Å². The van der Waals surface area contributed by atoms with Gasteiger partial charge in [0.05, 0.1) is 18.6 Å². The number of sulfonamides is 1. The molecule has 150 valence electrons. The molecular formula is C18H26N2O6S. The average Bonchev–Trinajstić information content (AvgIpc) is 2.64. The van der Waals surface area contributed by atoms with Gasteiger partial charge in [0.25, 0.3) is 5.91 Å². The summed E-state index contributed by atoms with van der Waals surface area (Å²) in [5.74, 6) is -0.786. The summed E-state index contributed by atoms with van der Waals surface area (Å²) in [6.07, 6.45) is 0.997. The molecule has 1 saturated heterocycles. The van der Waals surface area contributed by atoms with E-state index in [2.05, 4.69) is 10.1 Å². The van der Waals surface area contributed by atoms with Crippen molar-refractivity contribution >= 4 is 21.9 Å². The molecule has 1 aromatic rings. The minimum atomic E-state index is -3.63. The van der Waals surface area contributed by atoms with Crippen LogP contribution in [-0.2, 0) is 19.6 Å². The summed E-state index contributed by atoms with van der Waals surface area (Å²) in [4.78, 5) is 23.8. The number of ether oxygens (including phenoxy) is 1. The van der Waals surface area contributed by atoms with Gasteiger partial charge in [0.15, 0.2) is 6.04 Å². The summed E-state index contributed by atoms with van der Waals surface area (Å²) >= 11 is 0. The van der Waals surface area contributed by atoms with Crippen LogP contribution >= 0.6 is 0 Å². The summed E-state index contributed by atoms with van der Waals surface area (Å²) < 4.78 is 31.7. The van der Waals surface area contributed by atoms with Gasteiger partial charge in [-0.15, -0.1) is 0 Å². The Morgan fingerprint density at radius 3 is 2.26 bits per heavy atom. The van der Waals surface area contributed by atoms with E-state index in [1.807, 2.05) is 13.8 Å². The first-order valence-electron chi connectivity index (χ1n) is 8.78. The Morgan fingerprint density at radius 2 is 1.78 bits per heavy atom.